The number of hydrogen-bond donors (Lipinski definition) is 0. The van der Waals surface area contributed by atoms with Crippen LogP contribution in [0.3, 0.4) is 0 Å². The summed E-state index contributed by atoms with van der Waals surface area (Å²) in [5, 5.41) is 10.1. The van der Waals surface area contributed by atoms with E-state index in [2.05, 4.69) is 64.0 Å². The van der Waals surface area contributed by atoms with Gasteiger partial charge in [-0.3, -0.25) is 4.98 Å². The average Bonchev–Trinajstić information content (AvgIpc) is 2.43. The van der Waals surface area contributed by atoms with Crippen LogP contribution < -0.4 is 4.90 Å². The van der Waals surface area contributed by atoms with Crippen LogP contribution in [0.4, 0.5) is 5.69 Å². The highest BCUT2D eigenvalue weighted by molar-refractivity contribution is 5.95. The number of aromatic nitrogens is 1. The molecule has 0 saturated carbocycles. The third-order valence-electron chi connectivity index (χ3n) is 3.88. The maximum atomic E-state index is 8.89. The van der Waals surface area contributed by atoms with Gasteiger partial charge in [-0.2, -0.15) is 5.26 Å². The molecule has 0 aliphatic rings. The maximum absolute atomic E-state index is 8.89. The predicted molar refractivity (Wildman–Crippen MR) is 88.8 cm³/mol. The minimum absolute atomic E-state index is 0.445. The van der Waals surface area contributed by atoms with Gasteiger partial charge in [-0.1, -0.05) is 32.0 Å². The summed E-state index contributed by atoms with van der Waals surface area (Å²) in [4.78, 5) is 7.00. The summed E-state index contributed by atoms with van der Waals surface area (Å²) in [6.45, 7) is 6.45. The molecular weight excluding hydrogens is 258 g/mol. The molecule has 1 aromatic heterocycles. The summed E-state index contributed by atoms with van der Waals surface area (Å²) >= 11 is 0. The van der Waals surface area contributed by atoms with Crippen molar-refractivity contribution in [2.45, 2.75) is 39.5 Å². The van der Waals surface area contributed by atoms with Crippen LogP contribution in [0, 0.1) is 18.3 Å². The zero-order chi connectivity index (χ0) is 15.6. The minimum Gasteiger partial charge on any atom is -0.377 e. The lowest BCUT2D eigenvalue weighted by Gasteiger charge is -2.23. The van der Waals surface area contributed by atoms with E-state index < -0.39 is 0 Å². The van der Waals surface area contributed by atoms with Crippen LogP contribution >= 0.6 is 0 Å². The van der Waals surface area contributed by atoms with Crippen LogP contribution in [0.2, 0.25) is 0 Å². The number of benzene rings is 1. The van der Waals surface area contributed by atoms with Gasteiger partial charge in [0.2, 0.25) is 0 Å². The van der Waals surface area contributed by atoms with Crippen LogP contribution in [-0.2, 0) is 6.42 Å². The van der Waals surface area contributed by atoms with E-state index in [0.717, 1.165) is 17.6 Å². The Morgan fingerprint density at radius 3 is 2.57 bits per heavy atom. The van der Waals surface area contributed by atoms with Crippen molar-refractivity contribution in [3.63, 3.8) is 0 Å². The predicted octanol–water partition coefficient (Wildman–Crippen LogP) is 4.19. The molecule has 0 aliphatic heterocycles. The van der Waals surface area contributed by atoms with Crippen molar-refractivity contribution in [3.05, 3.63) is 35.0 Å². The number of hydrogen-bond acceptors (Lipinski definition) is 3. The fourth-order valence-corrected chi connectivity index (χ4v) is 2.90. The number of fused-ring (bicyclic) bond motifs is 1. The smallest absolute Gasteiger partial charge is 0.0760 e. The number of para-hydroxylation sites is 1. The zero-order valence-electron chi connectivity index (χ0n) is 13.6. The second kappa shape index (κ2) is 6.13. The van der Waals surface area contributed by atoms with Gasteiger partial charge in [0, 0.05) is 31.6 Å². The van der Waals surface area contributed by atoms with Gasteiger partial charge < -0.3 is 4.90 Å². The van der Waals surface area contributed by atoms with Crippen LogP contribution in [0.15, 0.2) is 18.2 Å². The van der Waals surface area contributed by atoms with E-state index in [1.165, 1.54) is 22.2 Å². The summed E-state index contributed by atoms with van der Waals surface area (Å²) < 4.78 is 0. The average molecular weight is 281 g/mol. The van der Waals surface area contributed by atoms with Gasteiger partial charge >= 0.3 is 0 Å². The summed E-state index contributed by atoms with van der Waals surface area (Å²) in [5.41, 5.74) is 5.81. The molecule has 21 heavy (non-hydrogen) atoms. The lowest BCUT2D eigenvalue weighted by Crippen LogP contribution is -2.14. The number of nitrogens with zero attached hydrogens (tertiary/aromatic N) is 3. The molecule has 0 spiro atoms. The first kappa shape index (κ1) is 15.3. The topological polar surface area (TPSA) is 39.9 Å². The lowest BCUT2D eigenvalue weighted by atomic mass is 9.95. The molecule has 0 aliphatic carbocycles. The van der Waals surface area contributed by atoms with Crippen LogP contribution in [0.1, 0.15) is 43.0 Å². The van der Waals surface area contributed by atoms with Gasteiger partial charge in [0.05, 0.1) is 17.3 Å². The minimum atomic E-state index is 0.445. The number of anilines is 1. The molecule has 1 heterocycles. The Hall–Kier alpha value is -2.08. The van der Waals surface area contributed by atoms with Crippen molar-refractivity contribution in [2.24, 2.45) is 0 Å². The molecule has 0 fully saturated rings. The monoisotopic (exact) mass is 281 g/mol. The fraction of sp³-hybridized carbons (Fsp3) is 0.444. The lowest BCUT2D eigenvalue weighted by molar-refractivity contribution is 0.870. The van der Waals surface area contributed by atoms with Gasteiger partial charge in [0.1, 0.15) is 0 Å². The van der Waals surface area contributed by atoms with Crippen molar-refractivity contribution < 1.29 is 0 Å². The highest BCUT2D eigenvalue weighted by atomic mass is 15.1. The summed E-state index contributed by atoms with van der Waals surface area (Å²) in [6.07, 6.45) is 1.28. The van der Waals surface area contributed by atoms with E-state index in [1.54, 1.807) is 0 Å². The van der Waals surface area contributed by atoms with Crippen LogP contribution in [0.5, 0.6) is 0 Å². The molecular formula is C18H23N3. The number of aryl methyl sites for hydroxylation is 1. The zero-order valence-corrected chi connectivity index (χ0v) is 13.6. The van der Waals surface area contributed by atoms with Crippen molar-refractivity contribution in [1.82, 2.24) is 4.98 Å². The molecule has 2 aromatic rings. The molecule has 110 valence electrons. The number of rotatable bonds is 4. The van der Waals surface area contributed by atoms with E-state index in [4.69, 9.17) is 10.2 Å². The second-order valence-electron chi connectivity index (χ2n) is 5.98. The van der Waals surface area contributed by atoms with Crippen LogP contribution in [-0.4, -0.2) is 19.1 Å². The molecule has 0 unspecified atom stereocenters. The molecule has 0 bridgehead atoms. The molecule has 3 nitrogen and oxygen atoms in total. The number of pyridine rings is 1. The Morgan fingerprint density at radius 2 is 2.00 bits per heavy atom. The SMILES string of the molecule is Cc1nc2c(C(C)C)cccc2c(N(C)C)c1CCC#N. The maximum Gasteiger partial charge on any atom is 0.0760 e. The van der Waals surface area contributed by atoms with E-state index in [0.29, 0.717) is 12.3 Å². The Kier molecular flexibility index (Phi) is 4.47. The molecule has 2 rings (SSSR count). The molecule has 0 amide bonds. The first-order chi connectivity index (χ1) is 9.97. The van der Waals surface area contributed by atoms with Crippen molar-refractivity contribution in [2.75, 3.05) is 19.0 Å². The van der Waals surface area contributed by atoms with E-state index in [9.17, 15) is 0 Å². The Morgan fingerprint density at radius 1 is 1.29 bits per heavy atom. The van der Waals surface area contributed by atoms with Crippen molar-refractivity contribution >= 4 is 16.6 Å². The summed E-state index contributed by atoms with van der Waals surface area (Å²) in [7, 11) is 4.12. The Labute approximate surface area is 127 Å². The summed E-state index contributed by atoms with van der Waals surface area (Å²) in [6, 6.07) is 8.65. The normalized spacial score (nSPS) is 10.9. The first-order valence-electron chi connectivity index (χ1n) is 7.43. The quantitative estimate of drug-likeness (QED) is 0.843. The van der Waals surface area contributed by atoms with Crippen LogP contribution in [0.25, 0.3) is 10.9 Å². The van der Waals surface area contributed by atoms with Crippen molar-refractivity contribution in [1.29, 1.82) is 5.26 Å². The van der Waals surface area contributed by atoms with Gasteiger partial charge in [-0.15, -0.1) is 0 Å². The second-order valence-corrected chi connectivity index (χ2v) is 5.98. The molecule has 3 heteroatoms. The van der Waals surface area contributed by atoms with Gasteiger partial charge in [-0.25, -0.2) is 0 Å². The third-order valence-corrected chi connectivity index (χ3v) is 3.88. The fourth-order valence-electron chi connectivity index (χ4n) is 2.90. The largest absolute Gasteiger partial charge is 0.377 e. The van der Waals surface area contributed by atoms with Gasteiger partial charge in [0.15, 0.2) is 0 Å². The van der Waals surface area contributed by atoms with E-state index >= 15 is 0 Å². The van der Waals surface area contributed by atoms with Crippen molar-refractivity contribution in [3.8, 4) is 6.07 Å². The van der Waals surface area contributed by atoms with E-state index in [1.807, 2.05) is 0 Å². The standard InChI is InChI=1S/C18H23N3/c1-12(2)14-8-6-9-16-17(14)20-13(3)15(10-7-11-19)18(16)21(4)5/h6,8-9,12H,7,10H2,1-5H3. The number of nitriles is 1. The molecule has 0 atom stereocenters. The Balaban J connectivity index is 2.80. The molecule has 0 saturated heterocycles. The highest BCUT2D eigenvalue weighted by Gasteiger charge is 2.16. The van der Waals surface area contributed by atoms with E-state index in [-0.39, 0.29) is 0 Å². The molecule has 1 aromatic carbocycles. The molecule has 0 N–H and O–H groups in total. The van der Waals surface area contributed by atoms with Gasteiger partial charge in [0.25, 0.3) is 0 Å². The summed E-state index contributed by atoms with van der Waals surface area (Å²) in [5.74, 6) is 0.445. The van der Waals surface area contributed by atoms with Gasteiger partial charge in [-0.05, 0) is 30.4 Å². The highest BCUT2D eigenvalue weighted by Crippen LogP contribution is 2.34. The molecule has 0 radical (unpaired) electrons. The first-order valence-corrected chi connectivity index (χ1v) is 7.43. The Bertz CT molecular complexity index is 694. The third kappa shape index (κ3) is 2.85.